The zero-order valence-corrected chi connectivity index (χ0v) is 14.4. The zero-order valence-electron chi connectivity index (χ0n) is 14.4. The van der Waals surface area contributed by atoms with Crippen LogP contribution in [0.1, 0.15) is 39.2 Å². The molecule has 0 bridgehead atoms. The van der Waals surface area contributed by atoms with Crippen LogP contribution in [0.5, 0.6) is 0 Å². The summed E-state index contributed by atoms with van der Waals surface area (Å²) in [6.07, 6.45) is 1.98. The second-order valence-corrected chi connectivity index (χ2v) is 6.35. The third-order valence-corrected chi connectivity index (χ3v) is 3.87. The van der Waals surface area contributed by atoms with Gasteiger partial charge in [-0.3, -0.25) is 9.59 Å². The van der Waals surface area contributed by atoms with E-state index in [4.69, 9.17) is 0 Å². The molecule has 0 N–H and O–H groups in total. The summed E-state index contributed by atoms with van der Waals surface area (Å²) >= 11 is 0. The molecule has 0 aliphatic carbocycles. The molecule has 0 aliphatic heterocycles. The minimum absolute atomic E-state index is 0.120. The second-order valence-electron chi connectivity index (χ2n) is 6.35. The Labute approximate surface area is 134 Å². The minimum atomic E-state index is -1.04. The number of rotatable bonds is 7. The quantitative estimate of drug-likeness (QED) is 0.727. The second kappa shape index (κ2) is 7.97. The van der Waals surface area contributed by atoms with Crippen molar-refractivity contribution in [3.8, 4) is 0 Å². The third-order valence-electron chi connectivity index (χ3n) is 3.87. The smallest absolute Gasteiger partial charge is 0.237 e. The summed E-state index contributed by atoms with van der Waals surface area (Å²) < 4.78 is 0. The molecule has 0 saturated carbocycles. The normalized spacial score (nSPS) is 11.1. The lowest BCUT2D eigenvalue weighted by Crippen LogP contribution is -2.48. The molecule has 122 valence electrons. The first-order valence-corrected chi connectivity index (χ1v) is 7.85. The summed E-state index contributed by atoms with van der Waals surface area (Å²) in [5.74, 6) is -0.268. The van der Waals surface area contributed by atoms with E-state index in [1.54, 1.807) is 37.7 Å². The van der Waals surface area contributed by atoms with Gasteiger partial charge in [-0.05, 0) is 25.8 Å². The highest BCUT2D eigenvalue weighted by atomic mass is 16.2. The average molecular weight is 304 g/mol. The van der Waals surface area contributed by atoms with Gasteiger partial charge in [0.2, 0.25) is 11.8 Å². The number of benzene rings is 1. The summed E-state index contributed by atoms with van der Waals surface area (Å²) in [5, 5.41) is 0. The van der Waals surface area contributed by atoms with Gasteiger partial charge in [0.05, 0.1) is 0 Å². The fourth-order valence-electron chi connectivity index (χ4n) is 2.47. The predicted octanol–water partition coefficient (Wildman–Crippen LogP) is 2.93. The van der Waals surface area contributed by atoms with Gasteiger partial charge in [0, 0.05) is 27.2 Å². The van der Waals surface area contributed by atoms with Gasteiger partial charge in [-0.1, -0.05) is 43.7 Å². The first-order valence-electron chi connectivity index (χ1n) is 7.85. The zero-order chi connectivity index (χ0) is 16.8. The summed E-state index contributed by atoms with van der Waals surface area (Å²) in [7, 11) is 3.51. The van der Waals surface area contributed by atoms with E-state index in [9.17, 15) is 9.59 Å². The van der Waals surface area contributed by atoms with E-state index in [0.29, 0.717) is 13.1 Å². The van der Waals surface area contributed by atoms with Crippen LogP contribution in [0.25, 0.3) is 0 Å². The largest absolute Gasteiger partial charge is 0.345 e. The fraction of sp³-hybridized carbons (Fsp3) is 0.556. The molecule has 2 amide bonds. The van der Waals surface area contributed by atoms with Gasteiger partial charge in [0.15, 0.2) is 0 Å². The summed E-state index contributed by atoms with van der Waals surface area (Å²) in [6.45, 7) is 6.70. The Morgan fingerprint density at radius 1 is 1.00 bits per heavy atom. The van der Waals surface area contributed by atoms with Crippen molar-refractivity contribution in [2.24, 2.45) is 5.41 Å². The average Bonchev–Trinajstić information content (AvgIpc) is 2.51. The maximum absolute atomic E-state index is 12.7. The molecule has 0 aromatic heterocycles. The lowest BCUT2D eigenvalue weighted by Gasteiger charge is -2.32. The fourth-order valence-corrected chi connectivity index (χ4v) is 2.47. The van der Waals surface area contributed by atoms with Crippen molar-refractivity contribution in [2.75, 3.05) is 20.6 Å². The van der Waals surface area contributed by atoms with Crippen LogP contribution in [0.15, 0.2) is 30.3 Å². The van der Waals surface area contributed by atoms with E-state index in [1.807, 2.05) is 30.3 Å². The number of nitrogens with zero attached hydrogens (tertiary/aromatic N) is 2. The van der Waals surface area contributed by atoms with Gasteiger partial charge >= 0.3 is 0 Å². The molecule has 0 saturated heterocycles. The maximum atomic E-state index is 12.7. The molecule has 1 rings (SSSR count). The summed E-state index contributed by atoms with van der Waals surface area (Å²) in [5.41, 5.74) is 0.0207. The molecule has 0 spiro atoms. The molecule has 0 heterocycles. The number of unbranched alkanes of at least 4 members (excludes halogenated alkanes) is 1. The van der Waals surface area contributed by atoms with Crippen LogP contribution >= 0.6 is 0 Å². The number of carbonyl (C=O) groups excluding carboxylic acids is 2. The Morgan fingerprint density at radius 3 is 2.09 bits per heavy atom. The molecule has 4 nitrogen and oxygen atoms in total. The van der Waals surface area contributed by atoms with Crippen molar-refractivity contribution in [3.63, 3.8) is 0 Å². The minimum Gasteiger partial charge on any atom is -0.345 e. The highest BCUT2D eigenvalue weighted by molar-refractivity contribution is 6.04. The molecule has 0 fully saturated rings. The molecular weight excluding hydrogens is 276 g/mol. The van der Waals surface area contributed by atoms with Crippen LogP contribution in [0.2, 0.25) is 0 Å². The summed E-state index contributed by atoms with van der Waals surface area (Å²) in [4.78, 5) is 28.5. The van der Waals surface area contributed by atoms with E-state index >= 15 is 0 Å². The van der Waals surface area contributed by atoms with E-state index in [-0.39, 0.29) is 11.8 Å². The predicted molar refractivity (Wildman–Crippen MR) is 89.2 cm³/mol. The Bertz CT molecular complexity index is 497. The topological polar surface area (TPSA) is 40.6 Å². The van der Waals surface area contributed by atoms with E-state index < -0.39 is 5.41 Å². The molecular formula is C18H28N2O2. The van der Waals surface area contributed by atoms with E-state index in [0.717, 1.165) is 18.4 Å². The third kappa shape index (κ3) is 4.58. The highest BCUT2D eigenvalue weighted by Gasteiger charge is 2.39. The van der Waals surface area contributed by atoms with E-state index in [2.05, 4.69) is 6.92 Å². The van der Waals surface area contributed by atoms with Crippen LogP contribution in [-0.4, -0.2) is 42.3 Å². The van der Waals surface area contributed by atoms with E-state index in [1.165, 1.54) is 0 Å². The molecule has 0 unspecified atom stereocenters. The Balaban J connectivity index is 2.74. The van der Waals surface area contributed by atoms with Gasteiger partial charge in [0.1, 0.15) is 5.41 Å². The number of amides is 2. The lowest BCUT2D eigenvalue weighted by atomic mass is 9.89. The molecule has 1 aromatic rings. The van der Waals surface area contributed by atoms with Crippen LogP contribution in [0.3, 0.4) is 0 Å². The van der Waals surface area contributed by atoms with Crippen molar-refractivity contribution in [2.45, 2.75) is 40.2 Å². The molecule has 1 aromatic carbocycles. The summed E-state index contributed by atoms with van der Waals surface area (Å²) in [6, 6.07) is 9.80. The SMILES string of the molecule is CCCCN(C)C(=O)C(C)(C)C(=O)N(C)Cc1ccccc1. The Hall–Kier alpha value is -1.84. The molecule has 0 atom stereocenters. The molecule has 0 radical (unpaired) electrons. The number of carbonyl (C=O) groups is 2. The van der Waals surface area contributed by atoms with Gasteiger partial charge in [-0.2, -0.15) is 0 Å². The number of hydrogen-bond donors (Lipinski definition) is 0. The van der Waals surface area contributed by atoms with Crippen molar-refractivity contribution in [1.82, 2.24) is 9.80 Å². The van der Waals surface area contributed by atoms with Crippen molar-refractivity contribution < 1.29 is 9.59 Å². The first kappa shape index (κ1) is 18.2. The Kier molecular flexibility index (Phi) is 6.60. The Morgan fingerprint density at radius 2 is 1.55 bits per heavy atom. The molecule has 22 heavy (non-hydrogen) atoms. The van der Waals surface area contributed by atoms with Crippen LogP contribution in [0, 0.1) is 5.41 Å². The lowest BCUT2D eigenvalue weighted by molar-refractivity contribution is -0.153. The monoisotopic (exact) mass is 304 g/mol. The van der Waals surface area contributed by atoms with Gasteiger partial charge < -0.3 is 9.80 Å². The van der Waals surface area contributed by atoms with Crippen molar-refractivity contribution >= 4 is 11.8 Å². The highest BCUT2D eigenvalue weighted by Crippen LogP contribution is 2.22. The maximum Gasteiger partial charge on any atom is 0.237 e. The van der Waals surface area contributed by atoms with Crippen molar-refractivity contribution in [1.29, 1.82) is 0 Å². The van der Waals surface area contributed by atoms with Gasteiger partial charge in [-0.25, -0.2) is 0 Å². The number of hydrogen-bond acceptors (Lipinski definition) is 2. The standard InChI is InChI=1S/C18H28N2O2/c1-6-7-13-19(4)16(21)18(2,3)17(22)20(5)14-15-11-9-8-10-12-15/h8-12H,6-7,13-14H2,1-5H3. The van der Waals surface area contributed by atoms with Gasteiger partial charge in [0.25, 0.3) is 0 Å². The van der Waals surface area contributed by atoms with Crippen molar-refractivity contribution in [3.05, 3.63) is 35.9 Å². The first-order chi connectivity index (χ1) is 10.3. The van der Waals surface area contributed by atoms with Gasteiger partial charge in [-0.15, -0.1) is 0 Å². The molecule has 0 aliphatic rings. The van der Waals surface area contributed by atoms with Crippen LogP contribution < -0.4 is 0 Å². The molecule has 4 heteroatoms. The van der Waals surface area contributed by atoms with Crippen LogP contribution in [0.4, 0.5) is 0 Å². The van der Waals surface area contributed by atoms with Crippen LogP contribution in [-0.2, 0) is 16.1 Å².